The molecule has 1 heterocycles. The molecule has 4 heteroatoms. The minimum atomic E-state index is -0.0529. The fourth-order valence-electron chi connectivity index (χ4n) is 3.57. The number of carbonyl (C=O) groups excluding carboxylic acids is 1. The zero-order chi connectivity index (χ0) is 9.87. The Kier molecular flexibility index (Phi) is 2.06. The van der Waals surface area contributed by atoms with Crippen LogP contribution in [0.15, 0.2) is 0 Å². The highest BCUT2D eigenvalue weighted by Gasteiger charge is 2.61. The normalized spacial score (nSPS) is 54.9. The number of aliphatic hydroxyl groups is 1. The Bertz CT molecular complexity index is 281. The van der Waals surface area contributed by atoms with Gasteiger partial charge in [-0.2, -0.15) is 0 Å². The van der Waals surface area contributed by atoms with Gasteiger partial charge >= 0.3 is 5.97 Å². The molecule has 6 atom stereocenters. The lowest BCUT2D eigenvalue weighted by Crippen LogP contribution is -2.51. The van der Waals surface area contributed by atoms with Crippen molar-refractivity contribution in [2.24, 2.45) is 23.7 Å². The third-order valence-corrected chi connectivity index (χ3v) is 5.82. The van der Waals surface area contributed by atoms with E-state index in [-0.39, 0.29) is 30.5 Å². The van der Waals surface area contributed by atoms with E-state index in [0.717, 1.165) is 12.8 Å². The summed E-state index contributed by atoms with van der Waals surface area (Å²) in [6, 6.07) is 0. The van der Waals surface area contributed by atoms with Gasteiger partial charge < -0.3 is 9.84 Å². The third-order valence-electron chi connectivity index (χ3n) is 4.19. The standard InChI is InChI=1S/C10H13IO3/c11-8-4-1-2-5-7(6(4)3-12)10(13)14-9(5)8/h4-9,12H,1-3H2. The second-order valence-electron chi connectivity index (χ2n) is 4.62. The zero-order valence-electron chi connectivity index (χ0n) is 7.73. The second-order valence-corrected chi connectivity index (χ2v) is 6.06. The molecule has 0 radical (unpaired) electrons. The predicted molar refractivity (Wildman–Crippen MR) is 58.0 cm³/mol. The fraction of sp³-hybridized carbons (Fsp3) is 0.900. The van der Waals surface area contributed by atoms with Crippen molar-refractivity contribution in [2.45, 2.75) is 22.9 Å². The summed E-state index contributed by atoms with van der Waals surface area (Å²) in [5.41, 5.74) is 0. The van der Waals surface area contributed by atoms with Crippen LogP contribution in [0.25, 0.3) is 0 Å². The van der Waals surface area contributed by atoms with Gasteiger partial charge in [0, 0.05) is 12.5 Å². The molecule has 3 aliphatic carbocycles. The van der Waals surface area contributed by atoms with E-state index >= 15 is 0 Å². The third kappa shape index (κ3) is 0.988. The number of alkyl halides is 1. The van der Waals surface area contributed by atoms with Crippen molar-refractivity contribution in [1.82, 2.24) is 0 Å². The summed E-state index contributed by atoms with van der Waals surface area (Å²) in [6.07, 6.45) is 2.42. The molecule has 3 saturated carbocycles. The molecule has 78 valence electrons. The Morgan fingerprint density at radius 1 is 1.43 bits per heavy atom. The summed E-state index contributed by atoms with van der Waals surface area (Å²) < 4.78 is 5.83. The first-order valence-electron chi connectivity index (χ1n) is 5.19. The Morgan fingerprint density at radius 3 is 2.86 bits per heavy atom. The number of hydrogen-bond acceptors (Lipinski definition) is 3. The quantitative estimate of drug-likeness (QED) is 0.446. The number of ether oxygens (including phenoxy) is 1. The van der Waals surface area contributed by atoms with Gasteiger partial charge in [-0.25, -0.2) is 0 Å². The molecule has 1 aliphatic heterocycles. The summed E-state index contributed by atoms with van der Waals surface area (Å²) in [4.78, 5) is 11.6. The van der Waals surface area contributed by atoms with Crippen molar-refractivity contribution >= 4 is 28.6 Å². The molecule has 14 heavy (non-hydrogen) atoms. The molecule has 1 N–H and O–H groups in total. The van der Waals surface area contributed by atoms with E-state index in [2.05, 4.69) is 22.6 Å². The SMILES string of the molecule is O=C1OC2C(I)C3CCC2C1C3CO. The van der Waals surface area contributed by atoms with Crippen molar-refractivity contribution < 1.29 is 14.6 Å². The van der Waals surface area contributed by atoms with Crippen molar-refractivity contribution in [3.63, 3.8) is 0 Å². The van der Waals surface area contributed by atoms with E-state index in [1.807, 2.05) is 0 Å². The van der Waals surface area contributed by atoms with E-state index in [0.29, 0.717) is 15.8 Å². The topological polar surface area (TPSA) is 46.5 Å². The maximum Gasteiger partial charge on any atom is 0.310 e. The van der Waals surface area contributed by atoms with Gasteiger partial charge in [-0.3, -0.25) is 4.79 Å². The molecular formula is C10H13IO3. The Hall–Kier alpha value is 0.160. The summed E-state index contributed by atoms with van der Waals surface area (Å²) in [5.74, 6) is 1.01. The van der Waals surface area contributed by atoms with E-state index in [4.69, 9.17) is 4.74 Å². The van der Waals surface area contributed by atoms with Crippen LogP contribution in [-0.4, -0.2) is 27.7 Å². The largest absolute Gasteiger partial charge is 0.461 e. The van der Waals surface area contributed by atoms with Crippen LogP contribution in [0, 0.1) is 23.7 Å². The monoisotopic (exact) mass is 308 g/mol. The fourth-order valence-corrected chi connectivity index (χ4v) is 5.14. The van der Waals surface area contributed by atoms with Gasteiger partial charge in [0.05, 0.1) is 9.84 Å². The predicted octanol–water partition coefficient (Wildman–Crippen LogP) is 0.980. The van der Waals surface area contributed by atoms with Gasteiger partial charge in [0.1, 0.15) is 6.10 Å². The summed E-state index contributed by atoms with van der Waals surface area (Å²) >= 11 is 2.40. The van der Waals surface area contributed by atoms with Crippen LogP contribution in [0.1, 0.15) is 12.8 Å². The smallest absolute Gasteiger partial charge is 0.310 e. The lowest BCUT2D eigenvalue weighted by Gasteiger charge is -2.47. The summed E-state index contributed by atoms with van der Waals surface area (Å²) in [5, 5.41) is 9.36. The molecular weight excluding hydrogens is 295 g/mol. The molecule has 0 amide bonds. The lowest BCUT2D eigenvalue weighted by atomic mass is 9.59. The molecule has 0 spiro atoms. The van der Waals surface area contributed by atoms with Gasteiger partial charge in [0.25, 0.3) is 0 Å². The molecule has 0 aromatic carbocycles. The molecule has 4 rings (SSSR count). The van der Waals surface area contributed by atoms with Gasteiger partial charge in [0.15, 0.2) is 0 Å². The number of esters is 1. The average Bonchev–Trinajstić information content (AvgIpc) is 2.50. The van der Waals surface area contributed by atoms with Gasteiger partial charge in [-0.05, 0) is 24.7 Å². The molecule has 4 aliphatic rings. The van der Waals surface area contributed by atoms with Gasteiger partial charge in [-0.1, -0.05) is 22.6 Å². The molecule has 3 nitrogen and oxygen atoms in total. The molecule has 4 fully saturated rings. The first-order valence-corrected chi connectivity index (χ1v) is 6.44. The molecule has 1 saturated heterocycles. The van der Waals surface area contributed by atoms with Crippen LogP contribution in [0.3, 0.4) is 0 Å². The van der Waals surface area contributed by atoms with E-state index in [1.165, 1.54) is 0 Å². The zero-order valence-corrected chi connectivity index (χ0v) is 9.88. The van der Waals surface area contributed by atoms with Crippen LogP contribution in [0.2, 0.25) is 0 Å². The number of halogens is 1. The number of carbonyl (C=O) groups is 1. The Labute approximate surface area is 96.3 Å². The minimum Gasteiger partial charge on any atom is -0.461 e. The lowest BCUT2D eigenvalue weighted by molar-refractivity contribution is -0.144. The van der Waals surface area contributed by atoms with Crippen LogP contribution in [-0.2, 0) is 9.53 Å². The number of hydrogen-bond donors (Lipinski definition) is 1. The molecule has 0 aromatic rings. The molecule has 0 aromatic heterocycles. The van der Waals surface area contributed by atoms with Crippen molar-refractivity contribution in [1.29, 1.82) is 0 Å². The van der Waals surface area contributed by atoms with Gasteiger partial charge in [0.2, 0.25) is 0 Å². The van der Waals surface area contributed by atoms with Crippen molar-refractivity contribution in [2.75, 3.05) is 6.61 Å². The second kappa shape index (κ2) is 3.07. The molecule has 4 bridgehead atoms. The molecule has 6 unspecified atom stereocenters. The van der Waals surface area contributed by atoms with E-state index in [1.54, 1.807) is 0 Å². The van der Waals surface area contributed by atoms with Crippen LogP contribution in [0.5, 0.6) is 0 Å². The van der Waals surface area contributed by atoms with Crippen LogP contribution >= 0.6 is 22.6 Å². The average molecular weight is 308 g/mol. The van der Waals surface area contributed by atoms with Gasteiger partial charge in [-0.15, -0.1) is 0 Å². The Balaban J connectivity index is 2.01. The van der Waals surface area contributed by atoms with E-state index in [9.17, 15) is 9.90 Å². The van der Waals surface area contributed by atoms with Crippen molar-refractivity contribution in [3.8, 4) is 0 Å². The number of rotatable bonds is 1. The first kappa shape index (κ1) is 9.39. The van der Waals surface area contributed by atoms with Crippen molar-refractivity contribution in [3.05, 3.63) is 0 Å². The summed E-state index contributed by atoms with van der Waals surface area (Å²) in [7, 11) is 0. The highest BCUT2D eigenvalue weighted by Crippen LogP contribution is 2.56. The summed E-state index contributed by atoms with van der Waals surface area (Å²) in [6.45, 7) is 0.146. The van der Waals surface area contributed by atoms with Crippen LogP contribution in [0.4, 0.5) is 0 Å². The minimum absolute atomic E-state index is 0.00904. The number of fused-ring (bicyclic) bond motifs is 1. The maximum absolute atomic E-state index is 11.6. The number of aliphatic hydroxyl groups excluding tert-OH is 1. The highest BCUT2D eigenvalue weighted by atomic mass is 127. The maximum atomic E-state index is 11.6. The Morgan fingerprint density at radius 2 is 2.14 bits per heavy atom. The van der Waals surface area contributed by atoms with E-state index < -0.39 is 0 Å². The van der Waals surface area contributed by atoms with Crippen LogP contribution < -0.4 is 0 Å². The first-order chi connectivity index (χ1) is 6.74. The highest BCUT2D eigenvalue weighted by molar-refractivity contribution is 14.1.